The molecule has 22 heavy (non-hydrogen) atoms. The first kappa shape index (κ1) is 14.9. The molecule has 1 aromatic carbocycles. The van der Waals surface area contributed by atoms with Gasteiger partial charge in [-0.15, -0.1) is 0 Å². The molecule has 0 bridgehead atoms. The number of benzene rings is 1. The van der Waals surface area contributed by atoms with Crippen molar-refractivity contribution < 1.29 is 4.79 Å². The van der Waals surface area contributed by atoms with E-state index < -0.39 is 0 Å². The predicted octanol–water partition coefficient (Wildman–Crippen LogP) is 2.92. The maximum Gasteiger partial charge on any atom is 0.256 e. The molecule has 1 aliphatic heterocycles. The monoisotopic (exact) mass is 318 g/mol. The van der Waals surface area contributed by atoms with E-state index in [0.717, 1.165) is 37.3 Å². The zero-order chi connectivity index (χ0) is 15.5. The van der Waals surface area contributed by atoms with Gasteiger partial charge in [0.05, 0.1) is 17.8 Å². The van der Waals surface area contributed by atoms with Crippen molar-refractivity contribution in [2.24, 2.45) is 7.05 Å². The molecule has 1 saturated heterocycles. The standard InChI is InChI=1S/C16H19ClN4O/c1-20-13(6-7-19-20)11-18-15-5-4-12(17)10-14(15)16(22)21-8-2-3-9-21/h4-7,10,18H,2-3,8-9,11H2,1H3. The van der Waals surface area contributed by atoms with Crippen LogP contribution in [0.15, 0.2) is 30.5 Å². The second-order valence-corrected chi connectivity index (χ2v) is 5.93. The minimum absolute atomic E-state index is 0.0486. The van der Waals surface area contributed by atoms with Gasteiger partial charge in [-0.2, -0.15) is 5.10 Å². The van der Waals surface area contributed by atoms with Crippen molar-refractivity contribution >= 4 is 23.2 Å². The number of aryl methyl sites for hydroxylation is 1. The minimum atomic E-state index is 0.0486. The fourth-order valence-electron chi connectivity index (χ4n) is 2.70. The summed E-state index contributed by atoms with van der Waals surface area (Å²) in [4.78, 5) is 14.5. The van der Waals surface area contributed by atoms with Gasteiger partial charge >= 0.3 is 0 Å². The number of aromatic nitrogens is 2. The maximum absolute atomic E-state index is 12.7. The van der Waals surface area contributed by atoms with Crippen LogP contribution < -0.4 is 5.32 Å². The van der Waals surface area contributed by atoms with E-state index in [4.69, 9.17) is 11.6 Å². The first-order chi connectivity index (χ1) is 10.6. The van der Waals surface area contributed by atoms with Gasteiger partial charge in [-0.3, -0.25) is 9.48 Å². The lowest BCUT2D eigenvalue weighted by atomic mass is 10.1. The second-order valence-electron chi connectivity index (χ2n) is 5.49. The first-order valence-electron chi connectivity index (χ1n) is 7.45. The number of halogens is 1. The summed E-state index contributed by atoms with van der Waals surface area (Å²) < 4.78 is 1.81. The van der Waals surface area contributed by atoms with Gasteiger partial charge in [0.25, 0.3) is 5.91 Å². The number of likely N-dealkylation sites (tertiary alicyclic amines) is 1. The highest BCUT2D eigenvalue weighted by Crippen LogP contribution is 2.24. The number of anilines is 1. The lowest BCUT2D eigenvalue weighted by molar-refractivity contribution is 0.0793. The van der Waals surface area contributed by atoms with Crippen molar-refractivity contribution in [2.45, 2.75) is 19.4 Å². The van der Waals surface area contributed by atoms with Crippen molar-refractivity contribution in [3.63, 3.8) is 0 Å². The summed E-state index contributed by atoms with van der Waals surface area (Å²) in [5.41, 5.74) is 2.49. The lowest BCUT2D eigenvalue weighted by Crippen LogP contribution is -2.28. The zero-order valence-electron chi connectivity index (χ0n) is 12.6. The Morgan fingerprint density at radius 2 is 2.09 bits per heavy atom. The van der Waals surface area contributed by atoms with Crippen LogP contribution in [0.5, 0.6) is 0 Å². The highest BCUT2D eigenvalue weighted by molar-refractivity contribution is 6.31. The van der Waals surface area contributed by atoms with Crippen LogP contribution in [0.2, 0.25) is 5.02 Å². The fraction of sp³-hybridized carbons (Fsp3) is 0.375. The third kappa shape index (κ3) is 3.09. The molecule has 1 aromatic heterocycles. The summed E-state index contributed by atoms with van der Waals surface area (Å²) in [5.74, 6) is 0.0486. The molecule has 0 radical (unpaired) electrons. The quantitative estimate of drug-likeness (QED) is 0.943. The van der Waals surface area contributed by atoms with Gasteiger partial charge in [0.15, 0.2) is 0 Å². The van der Waals surface area contributed by atoms with E-state index in [9.17, 15) is 4.79 Å². The van der Waals surface area contributed by atoms with Crippen LogP contribution in [0.25, 0.3) is 0 Å². The Labute approximate surface area is 134 Å². The lowest BCUT2D eigenvalue weighted by Gasteiger charge is -2.18. The Hall–Kier alpha value is -2.01. The number of hydrogen-bond donors (Lipinski definition) is 1. The normalized spacial score (nSPS) is 14.4. The summed E-state index contributed by atoms with van der Waals surface area (Å²) in [6.45, 7) is 2.26. The van der Waals surface area contributed by atoms with Gasteiger partial charge in [-0.1, -0.05) is 11.6 Å². The molecule has 0 saturated carbocycles. The Morgan fingerprint density at radius 3 is 2.77 bits per heavy atom. The van der Waals surface area contributed by atoms with Crippen molar-refractivity contribution in [1.82, 2.24) is 14.7 Å². The molecule has 0 unspecified atom stereocenters. The molecule has 5 nitrogen and oxygen atoms in total. The minimum Gasteiger partial charge on any atom is -0.379 e. The van der Waals surface area contributed by atoms with Crippen LogP contribution in [-0.4, -0.2) is 33.7 Å². The van der Waals surface area contributed by atoms with E-state index in [1.807, 2.05) is 28.8 Å². The summed E-state index contributed by atoms with van der Waals surface area (Å²) >= 11 is 6.08. The number of nitrogens with zero attached hydrogens (tertiary/aromatic N) is 3. The number of nitrogens with one attached hydrogen (secondary N) is 1. The topological polar surface area (TPSA) is 50.2 Å². The van der Waals surface area contributed by atoms with Crippen LogP contribution >= 0.6 is 11.6 Å². The highest BCUT2D eigenvalue weighted by atomic mass is 35.5. The average molecular weight is 319 g/mol. The molecular formula is C16H19ClN4O. The molecule has 116 valence electrons. The average Bonchev–Trinajstić information content (AvgIpc) is 3.17. The summed E-state index contributed by atoms with van der Waals surface area (Å²) in [6.07, 6.45) is 3.91. The van der Waals surface area contributed by atoms with Gasteiger partial charge < -0.3 is 10.2 Å². The molecular weight excluding hydrogens is 300 g/mol. The van der Waals surface area contributed by atoms with Gasteiger partial charge in [-0.25, -0.2) is 0 Å². The third-order valence-electron chi connectivity index (χ3n) is 3.99. The van der Waals surface area contributed by atoms with Crippen molar-refractivity contribution in [3.05, 3.63) is 46.7 Å². The van der Waals surface area contributed by atoms with Gasteiger partial charge in [0, 0.05) is 37.0 Å². The summed E-state index contributed by atoms with van der Waals surface area (Å²) in [5, 5.41) is 8.04. The van der Waals surface area contributed by atoms with Crippen LogP contribution in [0.3, 0.4) is 0 Å². The number of amides is 1. The van der Waals surface area contributed by atoms with E-state index in [1.54, 1.807) is 18.3 Å². The van der Waals surface area contributed by atoms with Crippen LogP contribution in [0, 0.1) is 0 Å². The Balaban J connectivity index is 1.81. The van der Waals surface area contributed by atoms with Gasteiger partial charge in [0.1, 0.15) is 0 Å². The van der Waals surface area contributed by atoms with Gasteiger partial charge in [0.2, 0.25) is 0 Å². The fourth-order valence-corrected chi connectivity index (χ4v) is 2.87. The molecule has 1 amide bonds. The zero-order valence-corrected chi connectivity index (χ0v) is 13.3. The SMILES string of the molecule is Cn1nccc1CNc1ccc(Cl)cc1C(=O)N1CCCC1. The van der Waals surface area contributed by atoms with Crippen LogP contribution in [0.4, 0.5) is 5.69 Å². The molecule has 1 N–H and O–H groups in total. The van der Waals surface area contributed by atoms with E-state index in [0.29, 0.717) is 17.1 Å². The Kier molecular flexibility index (Phi) is 4.34. The number of carbonyl (C=O) groups is 1. The molecule has 3 rings (SSSR count). The van der Waals surface area contributed by atoms with Crippen molar-refractivity contribution in [2.75, 3.05) is 18.4 Å². The van der Waals surface area contributed by atoms with E-state index in [2.05, 4.69) is 10.4 Å². The number of hydrogen-bond acceptors (Lipinski definition) is 3. The maximum atomic E-state index is 12.7. The largest absolute Gasteiger partial charge is 0.379 e. The van der Waals surface area contributed by atoms with E-state index in [-0.39, 0.29) is 5.91 Å². The number of carbonyl (C=O) groups excluding carboxylic acids is 1. The molecule has 2 heterocycles. The first-order valence-corrected chi connectivity index (χ1v) is 7.82. The van der Waals surface area contributed by atoms with E-state index in [1.165, 1.54) is 0 Å². The Bertz CT molecular complexity index is 677. The van der Waals surface area contributed by atoms with Crippen molar-refractivity contribution in [1.29, 1.82) is 0 Å². The summed E-state index contributed by atoms with van der Waals surface area (Å²) in [7, 11) is 1.90. The summed E-state index contributed by atoms with van der Waals surface area (Å²) in [6, 6.07) is 7.36. The smallest absolute Gasteiger partial charge is 0.256 e. The molecule has 1 fully saturated rings. The second kappa shape index (κ2) is 6.40. The predicted molar refractivity (Wildman–Crippen MR) is 87.1 cm³/mol. The molecule has 0 spiro atoms. The third-order valence-corrected chi connectivity index (χ3v) is 4.22. The van der Waals surface area contributed by atoms with Crippen LogP contribution in [0.1, 0.15) is 28.9 Å². The molecule has 0 atom stereocenters. The Morgan fingerprint density at radius 1 is 1.32 bits per heavy atom. The molecule has 2 aromatic rings. The van der Waals surface area contributed by atoms with Crippen LogP contribution in [-0.2, 0) is 13.6 Å². The molecule has 1 aliphatic rings. The molecule has 6 heteroatoms. The number of rotatable bonds is 4. The van der Waals surface area contributed by atoms with E-state index >= 15 is 0 Å². The molecule has 0 aliphatic carbocycles. The van der Waals surface area contributed by atoms with Gasteiger partial charge in [-0.05, 0) is 37.1 Å². The highest BCUT2D eigenvalue weighted by Gasteiger charge is 2.22. The van der Waals surface area contributed by atoms with Crippen molar-refractivity contribution in [3.8, 4) is 0 Å².